The van der Waals surface area contributed by atoms with E-state index in [-0.39, 0.29) is 5.75 Å². The molecule has 4 heteroatoms. The van der Waals surface area contributed by atoms with E-state index in [0.717, 1.165) is 15.0 Å². The van der Waals surface area contributed by atoms with Crippen molar-refractivity contribution < 1.29 is 9.84 Å². The minimum atomic E-state index is 0.238. The van der Waals surface area contributed by atoms with Crippen LogP contribution in [-0.4, -0.2) is 5.11 Å². The second-order valence-electron chi connectivity index (χ2n) is 2.99. The predicted octanol–water partition coefficient (Wildman–Crippen LogP) is 3.69. The van der Waals surface area contributed by atoms with Crippen LogP contribution in [0, 0.1) is 0 Å². The SMILES string of the molecule is Oc1ccc(OCc2ccc(Cl)s2)cc1. The summed E-state index contributed by atoms with van der Waals surface area (Å²) in [6, 6.07) is 10.4. The summed E-state index contributed by atoms with van der Waals surface area (Å²) in [6.07, 6.45) is 0. The molecule has 0 fully saturated rings. The third kappa shape index (κ3) is 2.88. The molecule has 0 saturated carbocycles. The van der Waals surface area contributed by atoms with Gasteiger partial charge in [-0.1, -0.05) is 11.6 Å². The van der Waals surface area contributed by atoms with Crippen LogP contribution in [0.5, 0.6) is 11.5 Å². The van der Waals surface area contributed by atoms with Gasteiger partial charge < -0.3 is 9.84 Å². The maximum Gasteiger partial charge on any atom is 0.122 e. The molecule has 0 amide bonds. The van der Waals surface area contributed by atoms with E-state index in [4.69, 9.17) is 21.4 Å². The van der Waals surface area contributed by atoms with Crippen LogP contribution in [0.1, 0.15) is 4.88 Å². The Kier molecular flexibility index (Phi) is 3.14. The summed E-state index contributed by atoms with van der Waals surface area (Å²) in [7, 11) is 0. The summed E-state index contributed by atoms with van der Waals surface area (Å²) in [4.78, 5) is 1.08. The number of halogens is 1. The molecular weight excluding hydrogens is 232 g/mol. The van der Waals surface area contributed by atoms with Gasteiger partial charge in [-0.15, -0.1) is 11.3 Å². The molecule has 0 bridgehead atoms. The van der Waals surface area contributed by atoms with Crippen LogP contribution in [-0.2, 0) is 6.61 Å². The van der Waals surface area contributed by atoms with E-state index in [1.165, 1.54) is 11.3 Å². The molecule has 78 valence electrons. The molecule has 2 rings (SSSR count). The molecule has 0 aliphatic heterocycles. The van der Waals surface area contributed by atoms with Gasteiger partial charge in [-0.2, -0.15) is 0 Å². The first-order valence-electron chi connectivity index (χ1n) is 4.40. The zero-order valence-electron chi connectivity index (χ0n) is 7.81. The number of phenols is 1. The van der Waals surface area contributed by atoms with Gasteiger partial charge in [0.2, 0.25) is 0 Å². The first kappa shape index (κ1) is 10.3. The Bertz CT molecular complexity index is 436. The quantitative estimate of drug-likeness (QED) is 0.887. The van der Waals surface area contributed by atoms with Gasteiger partial charge in [0.15, 0.2) is 0 Å². The molecular formula is C11H9ClO2S. The predicted molar refractivity (Wildman–Crippen MR) is 61.8 cm³/mol. The van der Waals surface area contributed by atoms with Gasteiger partial charge >= 0.3 is 0 Å². The van der Waals surface area contributed by atoms with Gasteiger partial charge in [-0.3, -0.25) is 0 Å². The smallest absolute Gasteiger partial charge is 0.122 e. The third-order valence-electron chi connectivity index (χ3n) is 1.85. The standard InChI is InChI=1S/C11H9ClO2S/c12-11-6-5-10(15-11)7-14-9-3-1-8(13)2-4-9/h1-6,13H,7H2. The summed E-state index contributed by atoms with van der Waals surface area (Å²) in [5.41, 5.74) is 0. The Hall–Kier alpha value is -1.19. The molecule has 0 unspecified atom stereocenters. The van der Waals surface area contributed by atoms with Gasteiger partial charge in [-0.25, -0.2) is 0 Å². The lowest BCUT2D eigenvalue weighted by Crippen LogP contribution is -1.91. The number of ether oxygens (including phenoxy) is 1. The highest BCUT2D eigenvalue weighted by Crippen LogP contribution is 2.23. The fourth-order valence-corrected chi connectivity index (χ4v) is 2.13. The Morgan fingerprint density at radius 2 is 1.87 bits per heavy atom. The monoisotopic (exact) mass is 240 g/mol. The second kappa shape index (κ2) is 4.55. The molecule has 0 aliphatic rings. The summed E-state index contributed by atoms with van der Waals surface area (Å²) in [5, 5.41) is 9.07. The van der Waals surface area contributed by atoms with Crippen molar-refractivity contribution in [3.8, 4) is 11.5 Å². The molecule has 1 aromatic heterocycles. The zero-order chi connectivity index (χ0) is 10.7. The van der Waals surface area contributed by atoms with Gasteiger partial charge in [-0.05, 0) is 36.4 Å². The maximum absolute atomic E-state index is 9.07. The van der Waals surface area contributed by atoms with E-state index in [0.29, 0.717) is 6.61 Å². The average molecular weight is 241 g/mol. The number of phenolic OH excluding ortho intramolecular Hbond substituents is 1. The molecule has 15 heavy (non-hydrogen) atoms. The Morgan fingerprint density at radius 1 is 1.13 bits per heavy atom. The second-order valence-corrected chi connectivity index (χ2v) is 4.79. The van der Waals surface area contributed by atoms with Crippen molar-refractivity contribution in [2.75, 3.05) is 0 Å². The van der Waals surface area contributed by atoms with E-state index >= 15 is 0 Å². The lowest BCUT2D eigenvalue weighted by Gasteiger charge is -2.03. The van der Waals surface area contributed by atoms with Crippen molar-refractivity contribution in [1.82, 2.24) is 0 Å². The van der Waals surface area contributed by atoms with Crippen molar-refractivity contribution >= 4 is 22.9 Å². The first-order valence-corrected chi connectivity index (χ1v) is 5.59. The van der Waals surface area contributed by atoms with Gasteiger partial charge in [0, 0.05) is 4.88 Å². The highest BCUT2D eigenvalue weighted by Gasteiger charge is 1.99. The van der Waals surface area contributed by atoms with Crippen LogP contribution in [0.2, 0.25) is 4.34 Å². The summed E-state index contributed by atoms with van der Waals surface area (Å²) >= 11 is 7.29. The van der Waals surface area contributed by atoms with Crippen molar-refractivity contribution in [1.29, 1.82) is 0 Å². The van der Waals surface area contributed by atoms with E-state index in [1.807, 2.05) is 12.1 Å². The van der Waals surface area contributed by atoms with E-state index < -0.39 is 0 Å². The molecule has 0 aliphatic carbocycles. The van der Waals surface area contributed by atoms with Crippen LogP contribution in [0.15, 0.2) is 36.4 Å². The first-order chi connectivity index (χ1) is 7.24. The largest absolute Gasteiger partial charge is 0.508 e. The molecule has 0 atom stereocenters. The molecule has 1 N–H and O–H groups in total. The molecule has 0 spiro atoms. The molecule has 0 saturated heterocycles. The van der Waals surface area contributed by atoms with Crippen molar-refractivity contribution in [3.05, 3.63) is 45.6 Å². The van der Waals surface area contributed by atoms with Gasteiger partial charge in [0.1, 0.15) is 18.1 Å². The highest BCUT2D eigenvalue weighted by atomic mass is 35.5. The molecule has 2 aromatic rings. The fraction of sp³-hybridized carbons (Fsp3) is 0.0909. The van der Waals surface area contributed by atoms with Crippen LogP contribution in [0.4, 0.5) is 0 Å². The lowest BCUT2D eigenvalue weighted by molar-refractivity contribution is 0.309. The number of hydrogen-bond donors (Lipinski definition) is 1. The fourth-order valence-electron chi connectivity index (χ4n) is 1.13. The number of hydrogen-bond acceptors (Lipinski definition) is 3. The third-order valence-corrected chi connectivity index (χ3v) is 3.05. The summed E-state index contributed by atoms with van der Waals surface area (Å²) < 4.78 is 6.26. The van der Waals surface area contributed by atoms with Crippen molar-refractivity contribution in [2.45, 2.75) is 6.61 Å². The number of rotatable bonds is 3. The minimum Gasteiger partial charge on any atom is -0.508 e. The number of benzene rings is 1. The minimum absolute atomic E-state index is 0.238. The van der Waals surface area contributed by atoms with Crippen molar-refractivity contribution in [2.24, 2.45) is 0 Å². The zero-order valence-corrected chi connectivity index (χ0v) is 9.39. The van der Waals surface area contributed by atoms with Crippen molar-refractivity contribution in [3.63, 3.8) is 0 Å². The lowest BCUT2D eigenvalue weighted by atomic mass is 10.3. The van der Waals surface area contributed by atoms with Crippen LogP contribution in [0.25, 0.3) is 0 Å². The van der Waals surface area contributed by atoms with E-state index in [1.54, 1.807) is 24.3 Å². The Labute approximate surface area is 96.7 Å². The highest BCUT2D eigenvalue weighted by molar-refractivity contribution is 7.16. The Morgan fingerprint density at radius 3 is 2.47 bits per heavy atom. The normalized spacial score (nSPS) is 10.2. The van der Waals surface area contributed by atoms with E-state index in [2.05, 4.69) is 0 Å². The Balaban J connectivity index is 1.96. The van der Waals surface area contributed by atoms with Gasteiger partial charge in [0.25, 0.3) is 0 Å². The van der Waals surface area contributed by atoms with Crippen LogP contribution >= 0.6 is 22.9 Å². The topological polar surface area (TPSA) is 29.5 Å². The van der Waals surface area contributed by atoms with Crippen LogP contribution < -0.4 is 4.74 Å². The number of aromatic hydroxyl groups is 1. The molecule has 1 aromatic carbocycles. The molecule has 2 nitrogen and oxygen atoms in total. The van der Waals surface area contributed by atoms with E-state index in [9.17, 15) is 0 Å². The number of thiophene rings is 1. The summed E-state index contributed by atoms with van der Waals surface area (Å²) in [6.45, 7) is 0.502. The maximum atomic E-state index is 9.07. The van der Waals surface area contributed by atoms with Crippen LogP contribution in [0.3, 0.4) is 0 Å². The van der Waals surface area contributed by atoms with Gasteiger partial charge in [0.05, 0.1) is 4.34 Å². The molecule has 0 radical (unpaired) electrons. The molecule has 1 heterocycles. The summed E-state index contributed by atoms with van der Waals surface area (Å²) in [5.74, 6) is 0.971. The average Bonchev–Trinajstić information content (AvgIpc) is 2.64.